The lowest BCUT2D eigenvalue weighted by atomic mass is 10.0. The third kappa shape index (κ3) is 3.24. The summed E-state index contributed by atoms with van der Waals surface area (Å²) in [5.41, 5.74) is 0.488. The summed E-state index contributed by atoms with van der Waals surface area (Å²) in [6, 6.07) is 5.04. The third-order valence-electron chi connectivity index (χ3n) is 3.07. The van der Waals surface area contributed by atoms with Crippen LogP contribution in [0.25, 0.3) is 0 Å². The summed E-state index contributed by atoms with van der Waals surface area (Å²) in [6.45, 7) is 1.64. The van der Waals surface area contributed by atoms with E-state index in [1.807, 2.05) is 0 Å². The SMILES string of the molecule is COc1ccc(C(=O)CCC(=O)N2CC2)c(OC)c1. The lowest BCUT2D eigenvalue weighted by Crippen LogP contribution is -2.12. The fourth-order valence-electron chi connectivity index (χ4n) is 1.84. The quantitative estimate of drug-likeness (QED) is 0.576. The van der Waals surface area contributed by atoms with Crippen molar-refractivity contribution in [2.45, 2.75) is 12.8 Å². The van der Waals surface area contributed by atoms with Gasteiger partial charge in [0.05, 0.1) is 19.8 Å². The van der Waals surface area contributed by atoms with Gasteiger partial charge in [0.25, 0.3) is 0 Å². The first-order chi connectivity index (χ1) is 9.15. The van der Waals surface area contributed by atoms with Crippen molar-refractivity contribution in [3.05, 3.63) is 23.8 Å². The average Bonchev–Trinajstić information content (AvgIpc) is 3.28. The molecule has 0 N–H and O–H groups in total. The van der Waals surface area contributed by atoms with Crippen molar-refractivity contribution in [2.24, 2.45) is 0 Å². The van der Waals surface area contributed by atoms with Crippen molar-refractivity contribution < 1.29 is 19.1 Å². The van der Waals surface area contributed by atoms with Crippen LogP contribution < -0.4 is 9.47 Å². The Hall–Kier alpha value is -2.04. The summed E-state index contributed by atoms with van der Waals surface area (Å²) in [4.78, 5) is 25.3. The van der Waals surface area contributed by atoms with Gasteiger partial charge in [0.1, 0.15) is 11.5 Å². The van der Waals surface area contributed by atoms with Crippen molar-refractivity contribution in [1.82, 2.24) is 4.90 Å². The van der Waals surface area contributed by atoms with Gasteiger partial charge >= 0.3 is 0 Å². The van der Waals surface area contributed by atoms with E-state index in [2.05, 4.69) is 0 Å². The largest absolute Gasteiger partial charge is 0.497 e. The molecule has 1 amide bonds. The van der Waals surface area contributed by atoms with E-state index in [0.717, 1.165) is 13.1 Å². The predicted octanol–water partition coefficient (Wildman–Crippen LogP) is 1.51. The monoisotopic (exact) mass is 263 g/mol. The average molecular weight is 263 g/mol. The van der Waals surface area contributed by atoms with E-state index in [1.165, 1.54) is 7.11 Å². The number of ether oxygens (including phenoxy) is 2. The number of amides is 1. The van der Waals surface area contributed by atoms with Gasteiger partial charge in [-0.15, -0.1) is 0 Å². The lowest BCUT2D eigenvalue weighted by molar-refractivity contribution is -0.125. The number of nitrogens with zero attached hydrogens (tertiary/aromatic N) is 1. The van der Waals surface area contributed by atoms with Crippen LogP contribution >= 0.6 is 0 Å². The van der Waals surface area contributed by atoms with Crippen LogP contribution in [-0.4, -0.2) is 43.9 Å². The maximum absolute atomic E-state index is 12.1. The fourth-order valence-corrected chi connectivity index (χ4v) is 1.84. The number of methoxy groups -OCH3 is 2. The van der Waals surface area contributed by atoms with Gasteiger partial charge in [-0.1, -0.05) is 0 Å². The number of carbonyl (C=O) groups excluding carboxylic acids is 2. The van der Waals surface area contributed by atoms with Crippen LogP contribution in [0.2, 0.25) is 0 Å². The topological polar surface area (TPSA) is 55.6 Å². The molecule has 1 aliphatic rings. The van der Waals surface area contributed by atoms with E-state index in [1.54, 1.807) is 30.2 Å². The molecule has 1 aromatic rings. The van der Waals surface area contributed by atoms with E-state index >= 15 is 0 Å². The Bertz CT molecular complexity index is 494. The minimum Gasteiger partial charge on any atom is -0.497 e. The highest BCUT2D eigenvalue weighted by Crippen LogP contribution is 2.26. The highest BCUT2D eigenvalue weighted by molar-refractivity contribution is 6.00. The van der Waals surface area contributed by atoms with Gasteiger partial charge in [-0.2, -0.15) is 0 Å². The smallest absolute Gasteiger partial charge is 0.223 e. The van der Waals surface area contributed by atoms with Crippen molar-refractivity contribution in [1.29, 1.82) is 0 Å². The number of benzene rings is 1. The molecule has 5 nitrogen and oxygen atoms in total. The van der Waals surface area contributed by atoms with Crippen molar-refractivity contribution in [3.8, 4) is 11.5 Å². The molecule has 102 valence electrons. The second kappa shape index (κ2) is 5.73. The molecular weight excluding hydrogens is 246 g/mol. The number of rotatable bonds is 6. The molecule has 1 saturated heterocycles. The van der Waals surface area contributed by atoms with E-state index in [4.69, 9.17) is 9.47 Å². The number of ketones is 1. The molecule has 1 aromatic carbocycles. The van der Waals surface area contributed by atoms with Crippen LogP contribution in [0.5, 0.6) is 11.5 Å². The molecule has 2 rings (SSSR count). The van der Waals surface area contributed by atoms with Gasteiger partial charge in [-0.25, -0.2) is 0 Å². The first-order valence-electron chi connectivity index (χ1n) is 6.18. The molecule has 0 spiro atoms. The standard InChI is InChI=1S/C14H17NO4/c1-18-10-3-4-11(13(9-10)19-2)12(16)5-6-14(17)15-7-8-15/h3-4,9H,5-8H2,1-2H3. The van der Waals surface area contributed by atoms with E-state index < -0.39 is 0 Å². The zero-order valence-corrected chi connectivity index (χ0v) is 11.1. The van der Waals surface area contributed by atoms with Crippen molar-refractivity contribution >= 4 is 11.7 Å². The predicted molar refractivity (Wildman–Crippen MR) is 69.7 cm³/mol. The molecule has 1 heterocycles. The van der Waals surface area contributed by atoms with Gasteiger partial charge in [0.15, 0.2) is 5.78 Å². The molecule has 0 bridgehead atoms. The second-order valence-corrected chi connectivity index (χ2v) is 4.37. The first-order valence-corrected chi connectivity index (χ1v) is 6.18. The fraction of sp³-hybridized carbons (Fsp3) is 0.429. The normalized spacial score (nSPS) is 13.1. The van der Waals surface area contributed by atoms with Crippen LogP contribution in [0.3, 0.4) is 0 Å². The summed E-state index contributed by atoms with van der Waals surface area (Å²) < 4.78 is 10.3. The number of carbonyl (C=O) groups is 2. The van der Waals surface area contributed by atoms with Gasteiger partial charge < -0.3 is 14.4 Å². The molecule has 0 aliphatic carbocycles. The van der Waals surface area contributed by atoms with Crippen molar-refractivity contribution in [3.63, 3.8) is 0 Å². The minimum absolute atomic E-state index is 0.0424. The maximum Gasteiger partial charge on any atom is 0.223 e. The van der Waals surface area contributed by atoms with Gasteiger partial charge in [-0.05, 0) is 12.1 Å². The van der Waals surface area contributed by atoms with E-state index in [-0.39, 0.29) is 24.5 Å². The summed E-state index contributed by atoms with van der Waals surface area (Å²) in [7, 11) is 3.06. The molecule has 1 aliphatic heterocycles. The summed E-state index contributed by atoms with van der Waals surface area (Å²) in [5.74, 6) is 1.06. The minimum atomic E-state index is -0.0882. The first kappa shape index (κ1) is 13.4. The van der Waals surface area contributed by atoms with Crippen molar-refractivity contribution in [2.75, 3.05) is 27.3 Å². The molecule has 0 unspecified atom stereocenters. The Morgan fingerprint density at radius 2 is 1.89 bits per heavy atom. The molecule has 19 heavy (non-hydrogen) atoms. The number of hydrogen-bond acceptors (Lipinski definition) is 4. The second-order valence-electron chi connectivity index (χ2n) is 4.37. The Kier molecular flexibility index (Phi) is 4.04. The zero-order chi connectivity index (χ0) is 13.8. The lowest BCUT2D eigenvalue weighted by Gasteiger charge is -2.09. The summed E-state index contributed by atoms with van der Waals surface area (Å²) in [5, 5.41) is 0. The Morgan fingerprint density at radius 3 is 2.47 bits per heavy atom. The van der Waals surface area contributed by atoms with Crippen LogP contribution in [0, 0.1) is 0 Å². The van der Waals surface area contributed by atoms with E-state index in [0.29, 0.717) is 17.1 Å². The molecule has 0 aromatic heterocycles. The molecule has 1 fully saturated rings. The Balaban J connectivity index is 2.02. The van der Waals surface area contributed by atoms with Crippen LogP contribution in [-0.2, 0) is 4.79 Å². The van der Waals surface area contributed by atoms with Gasteiger partial charge in [0.2, 0.25) is 5.91 Å². The maximum atomic E-state index is 12.1. The third-order valence-corrected chi connectivity index (χ3v) is 3.07. The highest BCUT2D eigenvalue weighted by Gasteiger charge is 2.24. The highest BCUT2D eigenvalue weighted by atomic mass is 16.5. The molecule has 0 atom stereocenters. The summed E-state index contributed by atoms with van der Waals surface area (Å²) in [6.07, 6.45) is 0.464. The number of Topliss-reactive ketones (excluding diaryl/α,β-unsaturated/α-hetero) is 1. The van der Waals surface area contributed by atoms with Crippen LogP contribution in [0.1, 0.15) is 23.2 Å². The Morgan fingerprint density at radius 1 is 1.16 bits per heavy atom. The Labute approximate surface area is 112 Å². The van der Waals surface area contributed by atoms with Gasteiger partial charge in [-0.3, -0.25) is 9.59 Å². The molecule has 0 radical (unpaired) electrons. The molecule has 0 saturated carbocycles. The number of hydrogen-bond donors (Lipinski definition) is 0. The summed E-state index contributed by atoms with van der Waals surface area (Å²) >= 11 is 0. The van der Waals surface area contributed by atoms with Gasteiger partial charge in [0, 0.05) is 32.0 Å². The molecule has 5 heteroatoms. The van der Waals surface area contributed by atoms with E-state index in [9.17, 15) is 9.59 Å². The van der Waals surface area contributed by atoms with Crippen LogP contribution in [0.4, 0.5) is 0 Å². The van der Waals surface area contributed by atoms with Crippen LogP contribution in [0.15, 0.2) is 18.2 Å². The zero-order valence-electron chi connectivity index (χ0n) is 11.1. The molecular formula is C14H17NO4.